The van der Waals surface area contributed by atoms with E-state index in [0.29, 0.717) is 12.5 Å². The molecule has 1 aromatic carbocycles. The summed E-state index contributed by atoms with van der Waals surface area (Å²) in [4.78, 5) is 73.6. The lowest BCUT2D eigenvalue weighted by Gasteiger charge is -2.18. The molecule has 0 radical (unpaired) electrons. The van der Waals surface area contributed by atoms with E-state index in [2.05, 4.69) is 16.0 Å². The molecule has 1 aromatic heterocycles. The van der Waals surface area contributed by atoms with E-state index in [4.69, 9.17) is 5.73 Å². The van der Waals surface area contributed by atoms with E-state index < -0.39 is 35.1 Å². The van der Waals surface area contributed by atoms with Gasteiger partial charge in [0.1, 0.15) is 18.3 Å². The number of aromatic nitrogens is 1. The lowest BCUT2D eigenvalue weighted by molar-refractivity contribution is -0.136. The zero-order valence-corrected chi connectivity index (χ0v) is 21.0. The largest absolute Gasteiger partial charge is 0.363 e. The van der Waals surface area contributed by atoms with E-state index in [1.165, 1.54) is 18.3 Å². The summed E-state index contributed by atoms with van der Waals surface area (Å²) in [6.07, 6.45) is 2.68. The Balaban J connectivity index is 2.15. The Kier molecular flexibility index (Phi) is 11.2. The number of ketones is 1. The quantitative estimate of drug-likeness (QED) is 0.275. The highest BCUT2D eigenvalue weighted by Gasteiger charge is 2.24. The third-order valence-electron chi connectivity index (χ3n) is 5.93. The molecule has 2 rings (SSSR count). The Labute approximate surface area is 214 Å². The normalized spacial score (nSPS) is 11.4. The van der Waals surface area contributed by atoms with Crippen molar-refractivity contribution in [2.45, 2.75) is 52.1 Å². The molecule has 1 heterocycles. The lowest BCUT2D eigenvalue weighted by atomic mass is 10.0. The third kappa shape index (κ3) is 9.02. The van der Waals surface area contributed by atoms with Gasteiger partial charge in [-0.25, -0.2) is 0 Å². The van der Waals surface area contributed by atoms with E-state index in [1.807, 2.05) is 13.8 Å². The Morgan fingerprint density at radius 1 is 0.973 bits per heavy atom. The summed E-state index contributed by atoms with van der Waals surface area (Å²) in [5, 5.41) is 7.79. The third-order valence-corrected chi connectivity index (χ3v) is 5.93. The number of Topliss-reactive ketones (excluding diaryl/α,β-unsaturated/α-hetero) is 1. The molecule has 2 aromatic rings. The molecule has 0 fully saturated rings. The van der Waals surface area contributed by atoms with E-state index >= 15 is 0 Å². The van der Waals surface area contributed by atoms with Gasteiger partial charge < -0.3 is 26.3 Å². The summed E-state index contributed by atoms with van der Waals surface area (Å²) in [6, 6.07) is 9.72. The molecule has 11 heteroatoms. The van der Waals surface area contributed by atoms with Crippen molar-refractivity contribution < 1.29 is 24.0 Å². The fourth-order valence-corrected chi connectivity index (χ4v) is 3.52. The number of anilines is 1. The number of carbonyl (C=O) groups excluding carboxylic acids is 5. The number of nitrogens with one attached hydrogen (secondary N) is 3. The Morgan fingerprint density at radius 2 is 1.65 bits per heavy atom. The fourth-order valence-electron chi connectivity index (χ4n) is 3.52. The van der Waals surface area contributed by atoms with Gasteiger partial charge in [0.2, 0.25) is 17.6 Å². The number of carbonyl (C=O) groups is 5. The summed E-state index contributed by atoms with van der Waals surface area (Å²) in [7, 11) is 0. The van der Waals surface area contributed by atoms with E-state index in [-0.39, 0.29) is 36.5 Å². The molecule has 1 atom stereocenters. The zero-order valence-electron chi connectivity index (χ0n) is 21.0. The second kappa shape index (κ2) is 14.3. The van der Waals surface area contributed by atoms with Gasteiger partial charge in [-0.3, -0.25) is 28.8 Å². The van der Waals surface area contributed by atoms with Gasteiger partial charge in [0.15, 0.2) is 0 Å². The minimum atomic E-state index is -1.24. The smallest absolute Gasteiger partial charge is 0.284 e. The van der Waals surface area contributed by atoms with Gasteiger partial charge in [-0.15, -0.1) is 0 Å². The van der Waals surface area contributed by atoms with Gasteiger partial charge >= 0.3 is 0 Å². The molecule has 5 N–H and O–H groups in total. The van der Waals surface area contributed by atoms with Gasteiger partial charge in [-0.1, -0.05) is 44.9 Å². The van der Waals surface area contributed by atoms with Crippen LogP contribution in [0.15, 0.2) is 53.5 Å². The molecule has 0 spiro atoms. The standard InChI is InChI=1S/C26H33N5O6/c1-3-17(4-2)15-28-22(33)16-31-14-8-11-20(26(31)37)30-25(36)19(12-13-21(32)23(27)34)29-24(35)18-9-6-5-7-10-18/h5-11,14,17,19H,3-4,12-13,15-16H2,1-2H3,(H2,27,34)(H,28,33)(H,29,35)(H,30,36). The minimum absolute atomic E-state index is 0.111. The molecule has 0 aliphatic heterocycles. The molecule has 0 aliphatic rings. The second-order valence-electron chi connectivity index (χ2n) is 8.55. The summed E-state index contributed by atoms with van der Waals surface area (Å²) < 4.78 is 1.16. The molecule has 0 saturated carbocycles. The van der Waals surface area contributed by atoms with Crippen molar-refractivity contribution in [3.05, 3.63) is 64.6 Å². The number of hydrogen-bond donors (Lipinski definition) is 4. The van der Waals surface area contributed by atoms with Crippen molar-refractivity contribution in [3.63, 3.8) is 0 Å². The molecular formula is C26H33N5O6. The average Bonchev–Trinajstić information content (AvgIpc) is 2.89. The number of benzene rings is 1. The van der Waals surface area contributed by atoms with Crippen LogP contribution in [0.2, 0.25) is 0 Å². The van der Waals surface area contributed by atoms with Crippen LogP contribution in [-0.2, 0) is 25.7 Å². The second-order valence-corrected chi connectivity index (χ2v) is 8.55. The van der Waals surface area contributed by atoms with Crippen molar-refractivity contribution in [2.24, 2.45) is 11.7 Å². The van der Waals surface area contributed by atoms with Crippen LogP contribution in [0.5, 0.6) is 0 Å². The highest BCUT2D eigenvalue weighted by atomic mass is 16.2. The fraction of sp³-hybridized carbons (Fsp3) is 0.385. The minimum Gasteiger partial charge on any atom is -0.363 e. The molecule has 0 bridgehead atoms. The SMILES string of the molecule is CCC(CC)CNC(=O)Cn1cccc(NC(=O)C(CCC(=O)C(N)=O)NC(=O)c2ccccc2)c1=O. The van der Waals surface area contributed by atoms with Gasteiger partial charge in [0.05, 0.1) is 0 Å². The Morgan fingerprint density at radius 3 is 2.27 bits per heavy atom. The van der Waals surface area contributed by atoms with Crippen molar-refractivity contribution in [1.82, 2.24) is 15.2 Å². The van der Waals surface area contributed by atoms with Crippen molar-refractivity contribution >= 4 is 35.1 Å². The van der Waals surface area contributed by atoms with Crippen LogP contribution in [0, 0.1) is 5.92 Å². The molecule has 1 unspecified atom stereocenters. The van der Waals surface area contributed by atoms with E-state index in [0.717, 1.165) is 17.4 Å². The number of amides is 4. The first-order valence-corrected chi connectivity index (χ1v) is 12.1. The molecule has 0 saturated heterocycles. The van der Waals surface area contributed by atoms with Gasteiger partial charge in [-0.05, 0) is 36.6 Å². The van der Waals surface area contributed by atoms with Crippen LogP contribution in [-0.4, -0.2) is 46.6 Å². The van der Waals surface area contributed by atoms with Crippen LogP contribution < -0.4 is 27.2 Å². The molecule has 11 nitrogen and oxygen atoms in total. The first kappa shape index (κ1) is 29.0. The highest BCUT2D eigenvalue weighted by Crippen LogP contribution is 2.08. The van der Waals surface area contributed by atoms with Crippen LogP contribution in [0.4, 0.5) is 5.69 Å². The Hall–Kier alpha value is -4.28. The number of hydrogen-bond acceptors (Lipinski definition) is 6. The first-order valence-electron chi connectivity index (χ1n) is 12.1. The molecule has 4 amide bonds. The van der Waals surface area contributed by atoms with Crippen molar-refractivity contribution in [3.8, 4) is 0 Å². The zero-order chi connectivity index (χ0) is 27.4. The lowest BCUT2D eigenvalue weighted by Crippen LogP contribution is -2.45. The van der Waals surface area contributed by atoms with Crippen LogP contribution in [0.25, 0.3) is 0 Å². The van der Waals surface area contributed by atoms with Crippen molar-refractivity contribution in [2.75, 3.05) is 11.9 Å². The van der Waals surface area contributed by atoms with E-state index in [9.17, 15) is 28.8 Å². The summed E-state index contributed by atoms with van der Waals surface area (Å²) in [6.45, 7) is 4.35. The van der Waals surface area contributed by atoms with Gasteiger partial charge in [0.25, 0.3) is 17.4 Å². The number of nitrogens with two attached hydrogens (primary N) is 1. The number of pyridine rings is 1. The number of rotatable bonds is 14. The topological polar surface area (TPSA) is 169 Å². The highest BCUT2D eigenvalue weighted by molar-refractivity contribution is 6.35. The number of primary amides is 1. The average molecular weight is 512 g/mol. The van der Waals surface area contributed by atoms with Crippen LogP contribution >= 0.6 is 0 Å². The maximum absolute atomic E-state index is 13.0. The van der Waals surface area contributed by atoms with Gasteiger partial charge in [-0.2, -0.15) is 0 Å². The summed E-state index contributed by atoms with van der Waals surface area (Å²) in [5.74, 6) is -3.39. The molecular weight excluding hydrogens is 478 g/mol. The number of nitrogens with zero attached hydrogens (tertiary/aromatic N) is 1. The summed E-state index contributed by atoms with van der Waals surface area (Å²) >= 11 is 0. The first-order chi connectivity index (χ1) is 17.7. The Bertz CT molecular complexity index is 1170. The van der Waals surface area contributed by atoms with Crippen LogP contribution in [0.1, 0.15) is 49.9 Å². The molecule has 198 valence electrons. The monoisotopic (exact) mass is 511 g/mol. The maximum atomic E-state index is 13.0. The molecule has 0 aliphatic carbocycles. The predicted octanol–water partition coefficient (Wildman–Crippen LogP) is 0.972. The van der Waals surface area contributed by atoms with Gasteiger partial charge in [0, 0.05) is 24.7 Å². The van der Waals surface area contributed by atoms with Crippen LogP contribution in [0.3, 0.4) is 0 Å². The van der Waals surface area contributed by atoms with E-state index in [1.54, 1.807) is 30.3 Å². The summed E-state index contributed by atoms with van der Waals surface area (Å²) in [5.41, 5.74) is 4.55. The maximum Gasteiger partial charge on any atom is 0.284 e. The predicted molar refractivity (Wildman–Crippen MR) is 138 cm³/mol. The van der Waals surface area contributed by atoms with Crippen molar-refractivity contribution in [1.29, 1.82) is 0 Å². The molecule has 37 heavy (non-hydrogen) atoms.